The van der Waals surface area contributed by atoms with Crippen molar-refractivity contribution in [2.75, 3.05) is 17.4 Å². The number of ether oxygens (including phenoxy) is 2. The summed E-state index contributed by atoms with van der Waals surface area (Å²) in [5, 5.41) is 0.534. The van der Waals surface area contributed by atoms with E-state index in [0.717, 1.165) is 22.7 Å². The predicted molar refractivity (Wildman–Crippen MR) is 86.7 cm³/mol. The molecule has 0 radical (unpaired) electrons. The summed E-state index contributed by atoms with van der Waals surface area (Å²) in [5.74, 6) is 2.00. The fourth-order valence-corrected chi connectivity index (χ4v) is 3.99. The van der Waals surface area contributed by atoms with Gasteiger partial charge in [-0.05, 0) is 35.9 Å². The average Bonchev–Trinajstić information content (AvgIpc) is 3.12. The molecule has 2 aromatic carbocycles. The second-order valence-corrected chi connectivity index (χ2v) is 6.52. The zero-order chi connectivity index (χ0) is 15.1. The standard InChI is InChI=1S/C16H12ClNO3S/c17-11-2-1-3-12(7-11)18-15(19)8-22-16(18)10-4-5-13-14(6-10)21-9-20-13/h1-7,16H,8-9H2. The van der Waals surface area contributed by atoms with Crippen LogP contribution in [0.1, 0.15) is 10.9 Å². The normalized spacial score (nSPS) is 19.8. The van der Waals surface area contributed by atoms with E-state index in [9.17, 15) is 4.79 Å². The Labute approximate surface area is 137 Å². The second kappa shape index (κ2) is 5.41. The number of anilines is 1. The summed E-state index contributed by atoms with van der Waals surface area (Å²) in [6.07, 6.45) is 0. The van der Waals surface area contributed by atoms with E-state index in [2.05, 4.69) is 0 Å². The van der Waals surface area contributed by atoms with E-state index in [1.54, 1.807) is 22.7 Å². The number of benzene rings is 2. The number of carbonyl (C=O) groups excluding carboxylic acids is 1. The summed E-state index contributed by atoms with van der Waals surface area (Å²) in [7, 11) is 0. The monoisotopic (exact) mass is 333 g/mol. The molecule has 0 spiro atoms. The molecule has 2 aliphatic heterocycles. The van der Waals surface area contributed by atoms with Crippen LogP contribution in [0.15, 0.2) is 42.5 Å². The van der Waals surface area contributed by atoms with Gasteiger partial charge in [-0.15, -0.1) is 11.8 Å². The van der Waals surface area contributed by atoms with Gasteiger partial charge in [0, 0.05) is 10.7 Å². The van der Waals surface area contributed by atoms with Crippen molar-refractivity contribution < 1.29 is 14.3 Å². The van der Waals surface area contributed by atoms with Gasteiger partial charge in [0.25, 0.3) is 0 Å². The van der Waals surface area contributed by atoms with Gasteiger partial charge < -0.3 is 9.47 Å². The molecule has 1 amide bonds. The third-order valence-corrected chi connectivity index (χ3v) is 5.08. The molecule has 22 heavy (non-hydrogen) atoms. The lowest BCUT2D eigenvalue weighted by atomic mass is 10.1. The van der Waals surface area contributed by atoms with Crippen molar-refractivity contribution in [1.29, 1.82) is 0 Å². The van der Waals surface area contributed by atoms with E-state index in [0.29, 0.717) is 10.8 Å². The predicted octanol–water partition coefficient (Wildman–Crippen LogP) is 3.85. The van der Waals surface area contributed by atoms with Crippen LogP contribution in [0.2, 0.25) is 5.02 Å². The van der Waals surface area contributed by atoms with Crippen molar-refractivity contribution in [2.45, 2.75) is 5.37 Å². The van der Waals surface area contributed by atoms with Gasteiger partial charge in [-0.3, -0.25) is 9.69 Å². The molecule has 2 aromatic rings. The molecule has 112 valence electrons. The van der Waals surface area contributed by atoms with Gasteiger partial charge in [-0.1, -0.05) is 23.7 Å². The number of halogens is 1. The lowest BCUT2D eigenvalue weighted by Gasteiger charge is -2.24. The maximum absolute atomic E-state index is 12.3. The highest BCUT2D eigenvalue weighted by Crippen LogP contribution is 2.44. The molecule has 0 aliphatic carbocycles. The molecule has 4 rings (SSSR count). The van der Waals surface area contributed by atoms with Gasteiger partial charge in [0.2, 0.25) is 12.7 Å². The van der Waals surface area contributed by atoms with Crippen molar-refractivity contribution in [2.24, 2.45) is 0 Å². The lowest BCUT2D eigenvalue weighted by Crippen LogP contribution is -2.27. The second-order valence-electron chi connectivity index (χ2n) is 5.02. The van der Waals surface area contributed by atoms with Crippen LogP contribution in [0.5, 0.6) is 11.5 Å². The molecule has 0 aromatic heterocycles. The van der Waals surface area contributed by atoms with Crippen molar-refractivity contribution in [3.8, 4) is 11.5 Å². The molecule has 6 heteroatoms. The largest absolute Gasteiger partial charge is 0.454 e. The lowest BCUT2D eigenvalue weighted by molar-refractivity contribution is -0.115. The number of nitrogens with zero attached hydrogens (tertiary/aromatic N) is 1. The minimum Gasteiger partial charge on any atom is -0.454 e. The van der Waals surface area contributed by atoms with E-state index in [1.807, 2.05) is 36.4 Å². The molecular formula is C16H12ClNO3S. The molecule has 4 nitrogen and oxygen atoms in total. The zero-order valence-corrected chi connectivity index (χ0v) is 13.1. The first-order valence-corrected chi connectivity index (χ1v) is 8.24. The van der Waals surface area contributed by atoms with Crippen LogP contribution in [0.4, 0.5) is 5.69 Å². The first-order valence-electron chi connectivity index (χ1n) is 6.81. The Bertz CT molecular complexity index is 752. The Balaban J connectivity index is 1.72. The number of hydrogen-bond donors (Lipinski definition) is 0. The minimum absolute atomic E-state index is 0.0786. The third kappa shape index (κ3) is 2.30. The van der Waals surface area contributed by atoms with Crippen molar-refractivity contribution in [1.82, 2.24) is 0 Å². The van der Waals surface area contributed by atoms with Gasteiger partial charge in [0.1, 0.15) is 5.37 Å². The van der Waals surface area contributed by atoms with Crippen LogP contribution < -0.4 is 14.4 Å². The fourth-order valence-electron chi connectivity index (χ4n) is 2.64. The van der Waals surface area contributed by atoms with Crippen LogP contribution >= 0.6 is 23.4 Å². The summed E-state index contributed by atoms with van der Waals surface area (Å²) in [5.41, 5.74) is 1.82. The number of rotatable bonds is 2. The van der Waals surface area contributed by atoms with Crippen molar-refractivity contribution >= 4 is 35.0 Å². The molecule has 2 heterocycles. The zero-order valence-electron chi connectivity index (χ0n) is 11.5. The number of thioether (sulfide) groups is 1. The molecule has 1 atom stereocenters. The van der Waals surface area contributed by atoms with Gasteiger partial charge in [-0.25, -0.2) is 0 Å². The Morgan fingerprint density at radius 2 is 2.00 bits per heavy atom. The van der Waals surface area contributed by atoms with E-state index in [4.69, 9.17) is 21.1 Å². The van der Waals surface area contributed by atoms with Gasteiger partial charge in [0.15, 0.2) is 11.5 Å². The quantitative estimate of drug-likeness (QED) is 0.837. The number of fused-ring (bicyclic) bond motifs is 1. The Kier molecular flexibility index (Phi) is 3.39. The number of hydrogen-bond acceptors (Lipinski definition) is 4. The van der Waals surface area contributed by atoms with Crippen LogP contribution in [0.25, 0.3) is 0 Å². The average molecular weight is 334 g/mol. The third-order valence-electron chi connectivity index (χ3n) is 3.64. The summed E-state index contributed by atoms with van der Waals surface area (Å²) in [6, 6.07) is 13.2. The van der Waals surface area contributed by atoms with Crippen LogP contribution in [0.3, 0.4) is 0 Å². The van der Waals surface area contributed by atoms with Gasteiger partial charge in [-0.2, -0.15) is 0 Å². The molecule has 1 fully saturated rings. The Hall–Kier alpha value is -1.85. The SMILES string of the molecule is O=C1CSC(c2ccc3c(c2)OCO3)N1c1cccc(Cl)c1. The number of amides is 1. The molecule has 1 unspecified atom stereocenters. The van der Waals surface area contributed by atoms with E-state index < -0.39 is 0 Å². The smallest absolute Gasteiger partial charge is 0.238 e. The summed E-state index contributed by atoms with van der Waals surface area (Å²) >= 11 is 7.65. The molecule has 1 saturated heterocycles. The summed E-state index contributed by atoms with van der Waals surface area (Å²) in [4.78, 5) is 14.1. The Morgan fingerprint density at radius 1 is 1.14 bits per heavy atom. The Morgan fingerprint density at radius 3 is 2.86 bits per heavy atom. The topological polar surface area (TPSA) is 38.8 Å². The van der Waals surface area contributed by atoms with E-state index >= 15 is 0 Å². The van der Waals surface area contributed by atoms with E-state index in [-0.39, 0.29) is 18.1 Å². The number of carbonyl (C=O) groups is 1. The first kappa shape index (κ1) is 13.8. The molecule has 2 aliphatic rings. The highest BCUT2D eigenvalue weighted by molar-refractivity contribution is 8.00. The summed E-state index contributed by atoms with van der Waals surface area (Å²) in [6.45, 7) is 0.244. The highest BCUT2D eigenvalue weighted by Gasteiger charge is 2.34. The summed E-state index contributed by atoms with van der Waals surface area (Å²) < 4.78 is 10.8. The van der Waals surface area contributed by atoms with Gasteiger partial charge >= 0.3 is 0 Å². The molecule has 0 saturated carbocycles. The van der Waals surface area contributed by atoms with Crippen LogP contribution in [0, 0.1) is 0 Å². The van der Waals surface area contributed by atoms with Gasteiger partial charge in [0.05, 0.1) is 5.75 Å². The minimum atomic E-state index is -0.0829. The molecular weight excluding hydrogens is 322 g/mol. The van der Waals surface area contributed by atoms with E-state index in [1.165, 1.54) is 0 Å². The molecule has 0 bridgehead atoms. The van der Waals surface area contributed by atoms with Crippen molar-refractivity contribution in [3.05, 3.63) is 53.1 Å². The van der Waals surface area contributed by atoms with Crippen molar-refractivity contribution in [3.63, 3.8) is 0 Å². The van der Waals surface area contributed by atoms with Crippen LogP contribution in [-0.2, 0) is 4.79 Å². The molecule has 0 N–H and O–H groups in total. The maximum Gasteiger partial charge on any atom is 0.238 e. The fraction of sp³-hybridized carbons (Fsp3) is 0.188. The highest BCUT2D eigenvalue weighted by atomic mass is 35.5. The van der Waals surface area contributed by atoms with Crippen LogP contribution in [-0.4, -0.2) is 18.5 Å². The first-order chi connectivity index (χ1) is 10.7. The maximum atomic E-state index is 12.3.